The quantitative estimate of drug-likeness (QED) is 0.455. The average Bonchev–Trinajstić information content (AvgIpc) is 1.87. The molecule has 1 N–H and O–H groups in total. The first-order valence-corrected chi connectivity index (χ1v) is 3.03. The third kappa shape index (κ3) is 1.32. The van der Waals surface area contributed by atoms with E-state index in [1.165, 1.54) is 9.64 Å². The molecule has 0 radical (unpaired) electrons. The van der Waals surface area contributed by atoms with Crippen molar-refractivity contribution in [2.75, 3.05) is 0 Å². The Morgan fingerprint density at radius 2 is 2.71 bits per heavy atom. The molecule has 0 aromatic rings. The van der Waals surface area contributed by atoms with Gasteiger partial charge in [-0.1, -0.05) is 3.44 Å². The molecule has 1 aliphatic rings. The first-order valence-electron chi connectivity index (χ1n) is 1.55. The van der Waals surface area contributed by atoms with E-state index in [1.54, 1.807) is 0 Å². The van der Waals surface area contributed by atoms with Gasteiger partial charge in [0.15, 0.2) is 5.16 Å². The van der Waals surface area contributed by atoms with Crippen LogP contribution in [0.3, 0.4) is 0 Å². The number of nitrogens with one attached hydrogen (secondary N) is 1. The van der Waals surface area contributed by atoms with Gasteiger partial charge < -0.3 is 5.43 Å². The van der Waals surface area contributed by atoms with Crippen LogP contribution in [-0.2, 0) is 0 Å². The summed E-state index contributed by atoms with van der Waals surface area (Å²) in [5.74, 6) is 0. The Bertz CT molecular complexity index is 106. The van der Waals surface area contributed by atoms with Crippen molar-refractivity contribution in [3.05, 3.63) is 11.4 Å². The number of hydrogen-bond acceptors (Lipinski definition) is 3. The fourth-order valence-corrected chi connectivity index (χ4v) is 1.11. The van der Waals surface area contributed by atoms with Gasteiger partial charge in [-0.3, -0.25) is 0 Å². The van der Waals surface area contributed by atoms with Crippen LogP contribution in [0.4, 0.5) is 4.39 Å². The molecule has 0 amide bonds. The number of halogens is 2. The lowest BCUT2D eigenvalue weighted by molar-refractivity contribution is 0.673. The van der Waals surface area contributed by atoms with Gasteiger partial charge in [-0.25, -0.2) is 0 Å². The molecule has 1 aliphatic heterocycles. The van der Waals surface area contributed by atoms with Crippen LogP contribution in [0.1, 0.15) is 0 Å². The van der Waals surface area contributed by atoms with E-state index in [1.807, 2.05) is 0 Å². The largest absolute Gasteiger partial charge is 0.303 e. The summed E-state index contributed by atoms with van der Waals surface area (Å²) in [4.78, 5) is 0. The maximum Gasteiger partial charge on any atom is 0.191 e. The molecule has 1 heterocycles. The van der Waals surface area contributed by atoms with Crippen LogP contribution in [0.5, 0.6) is 0 Å². The van der Waals surface area contributed by atoms with E-state index in [4.69, 9.17) is 0 Å². The maximum atomic E-state index is 11.9. The Balaban J connectivity index is 2.42. The smallest absolute Gasteiger partial charge is 0.191 e. The first-order chi connectivity index (χ1) is 3.29. The van der Waals surface area contributed by atoms with Gasteiger partial charge in [0, 0.05) is 28.1 Å². The van der Waals surface area contributed by atoms with Crippen molar-refractivity contribution in [3.8, 4) is 0 Å². The highest BCUT2D eigenvalue weighted by molar-refractivity contribution is 9.09. The molecule has 0 spiro atoms. The molecular weight excluding hydrogens is 183 g/mol. The Kier molecular flexibility index (Phi) is 1.56. The van der Waals surface area contributed by atoms with Gasteiger partial charge in [-0.2, -0.15) is 4.39 Å². The molecule has 0 aromatic heterocycles. The topological polar surface area (TPSA) is 15.3 Å². The predicted molar refractivity (Wildman–Crippen MR) is 30.7 cm³/mol. The van der Waals surface area contributed by atoms with Crippen molar-refractivity contribution in [1.82, 2.24) is 8.87 Å². The summed E-state index contributed by atoms with van der Waals surface area (Å²) in [6.07, 6.45) is 1.26. The molecule has 0 fully saturated rings. The Morgan fingerprint density at radius 1 is 2.00 bits per heavy atom. The van der Waals surface area contributed by atoms with Crippen LogP contribution in [0.25, 0.3) is 0 Å². The molecule has 0 aromatic carbocycles. The maximum absolute atomic E-state index is 11.9. The molecule has 40 valence electrons. The second kappa shape index (κ2) is 2.02. The van der Waals surface area contributed by atoms with Crippen molar-refractivity contribution in [1.29, 1.82) is 0 Å². The van der Waals surface area contributed by atoms with Crippen molar-refractivity contribution < 1.29 is 4.39 Å². The number of hydrogen-bond donors (Lipinski definition) is 1. The predicted octanol–water partition coefficient (Wildman–Crippen LogP) is 1.53. The van der Waals surface area contributed by atoms with Gasteiger partial charge in [0.2, 0.25) is 0 Å². The van der Waals surface area contributed by atoms with Crippen molar-refractivity contribution >= 4 is 28.1 Å². The van der Waals surface area contributed by atoms with Crippen LogP contribution < -0.4 is 5.43 Å². The highest BCUT2D eigenvalue weighted by atomic mass is 79.9. The van der Waals surface area contributed by atoms with E-state index in [-0.39, 0.29) is 5.16 Å². The van der Waals surface area contributed by atoms with Gasteiger partial charge in [0.1, 0.15) is 0 Å². The van der Waals surface area contributed by atoms with Crippen LogP contribution in [-0.4, -0.2) is 3.44 Å². The summed E-state index contributed by atoms with van der Waals surface area (Å²) >= 11 is 3.93. The van der Waals surface area contributed by atoms with Crippen molar-refractivity contribution in [2.24, 2.45) is 0 Å². The molecule has 0 bridgehead atoms. The van der Waals surface area contributed by atoms with Gasteiger partial charge in [0.05, 0.1) is 6.20 Å². The van der Waals surface area contributed by atoms with Crippen LogP contribution in [0, 0.1) is 0 Å². The summed E-state index contributed by atoms with van der Waals surface area (Å²) in [6.45, 7) is 0. The molecule has 5 heteroatoms. The standard InChI is InChI=1S/C2H2BrFN2S/c3-6-5-1-2(4)7-6/h1,5H. The molecule has 0 unspecified atom stereocenters. The lowest BCUT2D eigenvalue weighted by atomic mass is 11.0. The summed E-state index contributed by atoms with van der Waals surface area (Å²) in [5, 5.41) is -0.239. The van der Waals surface area contributed by atoms with E-state index in [0.717, 1.165) is 11.9 Å². The fourth-order valence-electron chi connectivity index (χ4n) is 0.231. The van der Waals surface area contributed by atoms with E-state index in [2.05, 4.69) is 21.6 Å². The van der Waals surface area contributed by atoms with E-state index >= 15 is 0 Å². The zero-order valence-electron chi connectivity index (χ0n) is 3.19. The fraction of sp³-hybridized carbons (Fsp3) is 0. The molecule has 1 rings (SSSR count). The lowest BCUT2D eigenvalue weighted by Gasteiger charge is -1.98. The highest BCUT2D eigenvalue weighted by Crippen LogP contribution is 2.27. The normalized spacial score (nSPS) is 21.7. The minimum atomic E-state index is -0.239. The van der Waals surface area contributed by atoms with Gasteiger partial charge in [0.25, 0.3) is 0 Å². The second-order valence-electron chi connectivity index (χ2n) is 0.914. The lowest BCUT2D eigenvalue weighted by Crippen LogP contribution is -2.09. The average molecular weight is 185 g/mol. The Morgan fingerprint density at radius 3 is 2.86 bits per heavy atom. The van der Waals surface area contributed by atoms with Gasteiger partial charge in [-0.05, 0) is 0 Å². The molecule has 0 saturated heterocycles. The molecule has 7 heavy (non-hydrogen) atoms. The minimum absolute atomic E-state index is 0.239. The molecule has 0 atom stereocenters. The Labute approximate surface area is 53.2 Å². The summed E-state index contributed by atoms with van der Waals surface area (Å²) in [5.41, 5.74) is 2.55. The van der Waals surface area contributed by atoms with Gasteiger partial charge >= 0.3 is 0 Å². The molecule has 2 nitrogen and oxygen atoms in total. The zero-order valence-corrected chi connectivity index (χ0v) is 5.59. The summed E-state index contributed by atoms with van der Waals surface area (Å²) in [7, 11) is 0. The summed E-state index contributed by atoms with van der Waals surface area (Å²) in [6, 6.07) is 0. The Hall–Kier alpha value is 0.260. The number of nitrogens with zero attached hydrogens (tertiary/aromatic N) is 1. The first kappa shape index (κ1) is 5.40. The third-order valence-corrected chi connectivity index (χ3v) is 1.64. The van der Waals surface area contributed by atoms with E-state index < -0.39 is 0 Å². The SMILES string of the molecule is FC1=CNN(Br)S1. The molecular formula is C2H2BrFN2S. The van der Waals surface area contributed by atoms with Crippen LogP contribution in [0.2, 0.25) is 0 Å². The van der Waals surface area contributed by atoms with Crippen molar-refractivity contribution in [2.45, 2.75) is 0 Å². The minimum Gasteiger partial charge on any atom is -0.303 e. The zero-order chi connectivity index (χ0) is 5.28. The van der Waals surface area contributed by atoms with E-state index in [0.29, 0.717) is 0 Å². The summed E-state index contributed by atoms with van der Waals surface area (Å²) < 4.78 is 13.3. The third-order valence-electron chi connectivity index (χ3n) is 0.447. The number of hydrazine groups is 1. The molecule has 0 aliphatic carbocycles. The van der Waals surface area contributed by atoms with Crippen LogP contribution >= 0.6 is 28.1 Å². The molecule has 0 saturated carbocycles. The highest BCUT2D eigenvalue weighted by Gasteiger charge is 2.09. The van der Waals surface area contributed by atoms with Crippen molar-refractivity contribution in [3.63, 3.8) is 0 Å². The second-order valence-corrected chi connectivity index (χ2v) is 3.03. The number of rotatable bonds is 0. The van der Waals surface area contributed by atoms with E-state index in [9.17, 15) is 4.39 Å². The monoisotopic (exact) mass is 184 g/mol. The van der Waals surface area contributed by atoms with Crippen LogP contribution in [0.15, 0.2) is 11.4 Å². The van der Waals surface area contributed by atoms with Gasteiger partial charge in [-0.15, -0.1) is 0 Å².